The molecule has 0 aromatic carbocycles. The molecule has 1 amide bonds. The predicted octanol–water partition coefficient (Wildman–Crippen LogP) is 0.796. The number of likely N-dealkylation sites (tertiary alicyclic amines) is 1. The Balaban J connectivity index is 1.65. The average molecular weight is 306 g/mol. The van der Waals surface area contributed by atoms with Crippen molar-refractivity contribution in [1.29, 1.82) is 0 Å². The van der Waals surface area contributed by atoms with Gasteiger partial charge >= 0.3 is 5.97 Å². The molecule has 2 aliphatic rings. The third-order valence-corrected chi connectivity index (χ3v) is 4.57. The Labute approximate surface area is 129 Å². The van der Waals surface area contributed by atoms with E-state index in [2.05, 4.69) is 14.9 Å². The minimum absolute atomic E-state index is 0.0911. The van der Waals surface area contributed by atoms with Crippen LogP contribution >= 0.6 is 0 Å². The number of imidazole rings is 1. The molecule has 1 aromatic heterocycles. The molecule has 0 saturated carbocycles. The minimum Gasteiger partial charge on any atom is -0.479 e. The molecule has 3 heterocycles. The number of aromatic nitrogens is 2. The van der Waals surface area contributed by atoms with Gasteiger partial charge in [0.1, 0.15) is 0 Å². The maximum absolute atomic E-state index is 12.5. The molecule has 2 N–H and O–H groups in total. The van der Waals surface area contributed by atoms with Gasteiger partial charge in [-0.15, -0.1) is 0 Å². The van der Waals surface area contributed by atoms with Crippen molar-refractivity contribution in [1.82, 2.24) is 19.8 Å². The third-order valence-electron chi connectivity index (χ3n) is 4.57. The van der Waals surface area contributed by atoms with E-state index in [4.69, 9.17) is 0 Å². The quantitative estimate of drug-likeness (QED) is 0.858. The number of fused-ring (bicyclic) bond motifs is 1. The fourth-order valence-corrected chi connectivity index (χ4v) is 3.38. The maximum atomic E-state index is 12.5. The van der Waals surface area contributed by atoms with Crippen LogP contribution in [0.5, 0.6) is 0 Å². The molecule has 0 bridgehead atoms. The molecule has 1 saturated heterocycles. The second-order valence-electron chi connectivity index (χ2n) is 6.00. The summed E-state index contributed by atoms with van der Waals surface area (Å²) in [5.41, 5.74) is 1.30. The van der Waals surface area contributed by atoms with Crippen molar-refractivity contribution in [3.05, 3.63) is 17.7 Å². The first-order chi connectivity index (χ1) is 10.7. The number of hydrogen-bond donors (Lipinski definition) is 2. The van der Waals surface area contributed by atoms with Crippen molar-refractivity contribution >= 4 is 11.9 Å². The van der Waals surface area contributed by atoms with Gasteiger partial charge in [0.2, 0.25) is 5.91 Å². The molecule has 1 fully saturated rings. The van der Waals surface area contributed by atoms with Crippen molar-refractivity contribution in [2.75, 3.05) is 26.2 Å². The number of carboxylic acid groups (broad SMARTS) is 1. The van der Waals surface area contributed by atoms with E-state index in [0.717, 1.165) is 25.3 Å². The molecule has 3 rings (SSSR count). The average Bonchev–Trinajstić information content (AvgIpc) is 3.00. The zero-order chi connectivity index (χ0) is 15.5. The van der Waals surface area contributed by atoms with Gasteiger partial charge in [0.25, 0.3) is 0 Å². The Hall–Kier alpha value is -1.89. The second kappa shape index (κ2) is 6.48. The number of amides is 1. The maximum Gasteiger partial charge on any atom is 0.332 e. The fraction of sp³-hybridized carbons (Fsp3) is 0.667. The van der Waals surface area contributed by atoms with E-state index in [1.807, 2.05) is 0 Å². The number of carbonyl (C=O) groups excluding carboxylic acids is 1. The summed E-state index contributed by atoms with van der Waals surface area (Å²) in [6.07, 6.45) is 6.15. The first-order valence-corrected chi connectivity index (χ1v) is 7.93. The smallest absolute Gasteiger partial charge is 0.332 e. The number of carbonyl (C=O) groups is 2. The van der Waals surface area contributed by atoms with Crippen LogP contribution in [-0.2, 0) is 16.0 Å². The van der Waals surface area contributed by atoms with Crippen molar-refractivity contribution in [2.24, 2.45) is 0 Å². The highest BCUT2D eigenvalue weighted by Crippen LogP contribution is 2.28. The zero-order valence-corrected chi connectivity index (χ0v) is 12.6. The molecule has 22 heavy (non-hydrogen) atoms. The van der Waals surface area contributed by atoms with Crippen LogP contribution in [0.2, 0.25) is 0 Å². The Morgan fingerprint density at radius 1 is 1.27 bits per heavy atom. The van der Waals surface area contributed by atoms with E-state index in [1.165, 1.54) is 30.5 Å². The first-order valence-electron chi connectivity index (χ1n) is 7.93. The number of nitrogens with one attached hydrogen (secondary N) is 1. The number of hydrogen-bond acceptors (Lipinski definition) is 4. The van der Waals surface area contributed by atoms with Crippen LogP contribution in [0.1, 0.15) is 43.1 Å². The molecule has 0 spiro atoms. The molecule has 0 unspecified atom stereocenters. The Bertz CT molecular complexity index is 551. The van der Waals surface area contributed by atoms with Gasteiger partial charge in [-0.2, -0.15) is 0 Å². The van der Waals surface area contributed by atoms with Crippen LogP contribution in [0, 0.1) is 0 Å². The zero-order valence-electron chi connectivity index (χ0n) is 12.6. The van der Waals surface area contributed by atoms with Crippen molar-refractivity contribution < 1.29 is 14.7 Å². The largest absolute Gasteiger partial charge is 0.479 e. The van der Waals surface area contributed by atoms with Gasteiger partial charge < -0.3 is 19.9 Å². The highest BCUT2D eigenvalue weighted by Gasteiger charge is 2.37. The lowest BCUT2D eigenvalue weighted by atomic mass is 10.0. The number of nitrogens with zero attached hydrogens (tertiary/aromatic N) is 3. The molecule has 7 heteroatoms. The summed E-state index contributed by atoms with van der Waals surface area (Å²) in [6.45, 7) is 3.23. The normalized spacial score (nSPS) is 22.4. The monoisotopic (exact) mass is 306 g/mol. The molecule has 120 valence electrons. The fourth-order valence-electron chi connectivity index (χ4n) is 3.38. The lowest BCUT2D eigenvalue weighted by Gasteiger charge is -2.33. The summed E-state index contributed by atoms with van der Waals surface area (Å²) >= 11 is 0. The SMILES string of the molecule is O=C(O)[C@@H]1c2nc[nH]c2CCN1C(=O)CCN1CCCCC1. The lowest BCUT2D eigenvalue weighted by Crippen LogP contribution is -2.45. The van der Waals surface area contributed by atoms with Gasteiger partial charge in [-0.1, -0.05) is 6.42 Å². The van der Waals surface area contributed by atoms with Crippen molar-refractivity contribution in [2.45, 2.75) is 38.1 Å². The number of piperidine rings is 1. The number of rotatable bonds is 4. The molecule has 2 aliphatic heterocycles. The Morgan fingerprint density at radius 2 is 2.05 bits per heavy atom. The molecule has 0 radical (unpaired) electrons. The Kier molecular flexibility index (Phi) is 4.42. The van der Waals surface area contributed by atoms with Gasteiger partial charge in [-0.25, -0.2) is 9.78 Å². The van der Waals surface area contributed by atoms with Crippen LogP contribution in [0.25, 0.3) is 0 Å². The molecule has 0 aliphatic carbocycles. The predicted molar refractivity (Wildman–Crippen MR) is 79.3 cm³/mol. The van der Waals surface area contributed by atoms with Crippen LogP contribution < -0.4 is 0 Å². The van der Waals surface area contributed by atoms with Gasteiger partial charge in [0, 0.05) is 31.6 Å². The van der Waals surface area contributed by atoms with E-state index < -0.39 is 12.0 Å². The van der Waals surface area contributed by atoms with E-state index in [9.17, 15) is 14.7 Å². The standard InChI is InChI=1S/C15H22N4O3/c20-12(5-8-18-6-2-1-3-7-18)19-9-4-11-13(17-10-16-11)14(19)15(21)22/h10,14H,1-9H2,(H,16,17)(H,21,22)/t14-/m0/s1. The summed E-state index contributed by atoms with van der Waals surface area (Å²) in [6, 6.07) is -0.955. The second-order valence-corrected chi connectivity index (χ2v) is 6.00. The summed E-state index contributed by atoms with van der Waals surface area (Å²) in [4.78, 5) is 34.9. The van der Waals surface area contributed by atoms with Crippen LogP contribution in [0.3, 0.4) is 0 Å². The van der Waals surface area contributed by atoms with E-state index in [1.54, 1.807) is 0 Å². The minimum atomic E-state index is -1.01. The lowest BCUT2D eigenvalue weighted by molar-refractivity contribution is -0.151. The van der Waals surface area contributed by atoms with Gasteiger partial charge in [-0.3, -0.25) is 4.79 Å². The molecular weight excluding hydrogens is 284 g/mol. The van der Waals surface area contributed by atoms with Crippen molar-refractivity contribution in [3.8, 4) is 0 Å². The first kappa shape index (κ1) is 15.0. The van der Waals surface area contributed by atoms with Gasteiger partial charge in [0.05, 0.1) is 12.0 Å². The topological polar surface area (TPSA) is 89.5 Å². The van der Waals surface area contributed by atoms with E-state index in [-0.39, 0.29) is 5.91 Å². The van der Waals surface area contributed by atoms with Crippen LogP contribution in [-0.4, -0.2) is 62.9 Å². The summed E-state index contributed by atoms with van der Waals surface area (Å²) in [7, 11) is 0. The number of carboxylic acids is 1. The van der Waals surface area contributed by atoms with Crippen molar-refractivity contribution in [3.63, 3.8) is 0 Å². The summed E-state index contributed by atoms with van der Waals surface area (Å²) in [5.74, 6) is -1.11. The molecule has 1 aromatic rings. The highest BCUT2D eigenvalue weighted by atomic mass is 16.4. The third kappa shape index (κ3) is 2.99. The van der Waals surface area contributed by atoms with E-state index >= 15 is 0 Å². The number of aromatic amines is 1. The molecule has 1 atom stereocenters. The number of aliphatic carboxylic acids is 1. The van der Waals surface area contributed by atoms with Gasteiger partial charge in [-0.05, 0) is 25.9 Å². The van der Waals surface area contributed by atoms with Crippen LogP contribution in [0.4, 0.5) is 0 Å². The van der Waals surface area contributed by atoms with E-state index in [0.29, 0.717) is 25.1 Å². The molecular formula is C15H22N4O3. The molecule has 7 nitrogen and oxygen atoms in total. The summed E-state index contributed by atoms with van der Waals surface area (Å²) in [5, 5.41) is 9.48. The Morgan fingerprint density at radius 3 is 2.77 bits per heavy atom. The van der Waals surface area contributed by atoms with Gasteiger partial charge in [0.15, 0.2) is 6.04 Å². The van der Waals surface area contributed by atoms with Crippen LogP contribution in [0.15, 0.2) is 6.33 Å². The number of H-pyrrole nitrogens is 1. The summed E-state index contributed by atoms with van der Waals surface area (Å²) < 4.78 is 0. The highest BCUT2D eigenvalue weighted by molar-refractivity contribution is 5.85.